The number of ether oxygens (including phenoxy) is 1. The Bertz CT molecular complexity index is 523. The van der Waals surface area contributed by atoms with Crippen LogP contribution in [0.2, 0.25) is 0 Å². The monoisotopic (exact) mass is 263 g/mol. The maximum Gasteiger partial charge on any atom is 0.351 e. The lowest BCUT2D eigenvalue weighted by atomic mass is 10.1. The van der Waals surface area contributed by atoms with E-state index in [2.05, 4.69) is 4.98 Å². The van der Waals surface area contributed by atoms with Crippen LogP contribution in [0, 0.1) is 5.82 Å². The molecule has 2 heterocycles. The minimum absolute atomic E-state index is 0.317. The number of alkyl halides is 1. The van der Waals surface area contributed by atoms with E-state index in [-0.39, 0.29) is 6.42 Å². The van der Waals surface area contributed by atoms with E-state index in [0.29, 0.717) is 10.8 Å². The van der Waals surface area contributed by atoms with E-state index in [1.807, 2.05) is 0 Å². The zero-order valence-electron chi connectivity index (χ0n) is 9.08. The number of hydrogen-bond acceptors (Lipinski definition) is 6. The van der Waals surface area contributed by atoms with Gasteiger partial charge < -0.3 is 20.7 Å². The Morgan fingerprint density at radius 3 is 2.94 bits per heavy atom. The molecular formula is C9H11F2N3O4. The van der Waals surface area contributed by atoms with Crippen LogP contribution in [0.1, 0.15) is 12.6 Å². The van der Waals surface area contributed by atoms with Crippen LogP contribution in [0.4, 0.5) is 14.6 Å². The average molecular weight is 263 g/mol. The Morgan fingerprint density at radius 1 is 1.72 bits per heavy atom. The molecule has 2 rings (SSSR count). The predicted octanol–water partition coefficient (Wildman–Crippen LogP) is -1.10. The van der Waals surface area contributed by atoms with Gasteiger partial charge in [-0.25, -0.2) is 13.6 Å². The number of aliphatic hydroxyl groups excluding tert-OH is 2. The molecule has 1 saturated heterocycles. The molecule has 0 radical (unpaired) electrons. The molecule has 1 fully saturated rings. The molecule has 0 aliphatic carbocycles. The summed E-state index contributed by atoms with van der Waals surface area (Å²) in [6.45, 7) is -1.08. The third-order valence-electron chi connectivity index (χ3n) is 2.71. The van der Waals surface area contributed by atoms with Gasteiger partial charge in [0.15, 0.2) is 11.6 Å². The lowest BCUT2D eigenvalue weighted by molar-refractivity contribution is -0.207. The number of anilines is 1. The standard InChI is InChI=1S/C9H11F2N3O4/c10-4-2-14(8(17)13-7(4)12)6-1-5(16)9(11,3-15)18-6/h2,5-6,15-16H,1,3H2,(H2,12,13,17)/t5-,6+,9+/m0/s1. The molecule has 100 valence electrons. The van der Waals surface area contributed by atoms with Crippen molar-refractivity contribution in [3.63, 3.8) is 0 Å². The molecule has 3 atom stereocenters. The molecule has 0 saturated carbocycles. The molecule has 0 amide bonds. The molecule has 4 N–H and O–H groups in total. The van der Waals surface area contributed by atoms with Crippen LogP contribution >= 0.6 is 0 Å². The molecule has 7 nitrogen and oxygen atoms in total. The summed E-state index contributed by atoms with van der Waals surface area (Å²) in [6, 6.07) is 0. The summed E-state index contributed by atoms with van der Waals surface area (Å²) in [5.41, 5.74) is 4.15. The lowest BCUT2D eigenvalue weighted by Crippen LogP contribution is -2.38. The molecule has 1 aliphatic rings. The highest BCUT2D eigenvalue weighted by atomic mass is 19.2. The number of aromatic nitrogens is 2. The van der Waals surface area contributed by atoms with E-state index in [9.17, 15) is 18.7 Å². The summed E-state index contributed by atoms with van der Waals surface area (Å²) in [7, 11) is 0. The van der Waals surface area contributed by atoms with E-state index < -0.39 is 42.1 Å². The van der Waals surface area contributed by atoms with Gasteiger partial charge in [-0.1, -0.05) is 0 Å². The van der Waals surface area contributed by atoms with Crippen LogP contribution in [0.5, 0.6) is 0 Å². The minimum atomic E-state index is -2.68. The molecule has 0 spiro atoms. The van der Waals surface area contributed by atoms with Crippen molar-refractivity contribution in [1.82, 2.24) is 9.55 Å². The second kappa shape index (κ2) is 4.26. The van der Waals surface area contributed by atoms with Crippen molar-refractivity contribution in [3.8, 4) is 0 Å². The largest absolute Gasteiger partial charge is 0.390 e. The van der Waals surface area contributed by atoms with Crippen molar-refractivity contribution in [2.45, 2.75) is 24.6 Å². The Balaban J connectivity index is 2.35. The summed E-state index contributed by atoms with van der Waals surface area (Å²) in [6.07, 6.45) is -2.49. The highest BCUT2D eigenvalue weighted by Gasteiger charge is 2.49. The number of halogens is 2. The van der Waals surface area contributed by atoms with Crippen LogP contribution in [0.15, 0.2) is 11.0 Å². The van der Waals surface area contributed by atoms with Crippen molar-refractivity contribution in [1.29, 1.82) is 0 Å². The Hall–Kier alpha value is -1.58. The molecule has 0 bridgehead atoms. The lowest BCUT2D eigenvalue weighted by Gasteiger charge is -2.20. The summed E-state index contributed by atoms with van der Waals surface area (Å²) >= 11 is 0. The van der Waals surface area contributed by atoms with Gasteiger partial charge >= 0.3 is 5.69 Å². The van der Waals surface area contributed by atoms with Gasteiger partial charge in [0.05, 0.1) is 6.20 Å². The van der Waals surface area contributed by atoms with Gasteiger partial charge in [-0.3, -0.25) is 4.57 Å². The van der Waals surface area contributed by atoms with Gasteiger partial charge in [-0.2, -0.15) is 4.98 Å². The number of nitrogens with zero attached hydrogens (tertiary/aromatic N) is 2. The smallest absolute Gasteiger partial charge is 0.351 e. The summed E-state index contributed by atoms with van der Waals surface area (Å²) < 4.78 is 32.3. The second-order valence-electron chi connectivity index (χ2n) is 3.93. The predicted molar refractivity (Wildman–Crippen MR) is 54.5 cm³/mol. The fourth-order valence-corrected chi connectivity index (χ4v) is 1.70. The molecule has 1 aromatic rings. The normalized spacial score (nSPS) is 31.8. The van der Waals surface area contributed by atoms with Gasteiger partial charge in [-0.05, 0) is 0 Å². The van der Waals surface area contributed by atoms with Crippen LogP contribution in [-0.4, -0.2) is 38.3 Å². The first-order valence-corrected chi connectivity index (χ1v) is 5.07. The van der Waals surface area contributed by atoms with E-state index in [1.54, 1.807) is 0 Å². The van der Waals surface area contributed by atoms with Gasteiger partial charge in [-0.15, -0.1) is 0 Å². The molecule has 9 heteroatoms. The zero-order chi connectivity index (χ0) is 13.5. The molecule has 0 aromatic carbocycles. The maximum absolute atomic E-state index is 13.7. The summed E-state index contributed by atoms with van der Waals surface area (Å²) in [4.78, 5) is 14.6. The Morgan fingerprint density at radius 2 is 2.39 bits per heavy atom. The number of rotatable bonds is 2. The van der Waals surface area contributed by atoms with Gasteiger partial charge in [0.25, 0.3) is 5.85 Å². The average Bonchev–Trinajstić information content (AvgIpc) is 2.61. The van der Waals surface area contributed by atoms with Crippen LogP contribution in [0.3, 0.4) is 0 Å². The van der Waals surface area contributed by atoms with E-state index in [4.69, 9.17) is 15.6 Å². The second-order valence-corrected chi connectivity index (χ2v) is 3.93. The van der Waals surface area contributed by atoms with Crippen LogP contribution in [-0.2, 0) is 4.74 Å². The quantitative estimate of drug-likeness (QED) is 0.625. The topological polar surface area (TPSA) is 111 Å². The van der Waals surface area contributed by atoms with Crippen molar-refractivity contribution < 1.29 is 23.7 Å². The SMILES string of the molecule is Nc1nc(=O)n([C@H]2C[C@H](O)[C@@](F)(CO)O2)cc1F. The van der Waals surface area contributed by atoms with Crippen molar-refractivity contribution in [2.24, 2.45) is 0 Å². The summed E-state index contributed by atoms with van der Waals surface area (Å²) in [5, 5.41) is 18.2. The maximum atomic E-state index is 13.7. The first-order valence-electron chi connectivity index (χ1n) is 5.07. The number of nitrogen functional groups attached to an aromatic ring is 1. The number of aliphatic hydroxyl groups is 2. The van der Waals surface area contributed by atoms with Gasteiger partial charge in [0, 0.05) is 6.42 Å². The summed E-state index contributed by atoms with van der Waals surface area (Å²) in [5.74, 6) is -4.22. The first kappa shape index (κ1) is 12.9. The van der Waals surface area contributed by atoms with E-state index in [0.717, 1.165) is 0 Å². The number of hydrogen-bond donors (Lipinski definition) is 3. The van der Waals surface area contributed by atoms with E-state index >= 15 is 0 Å². The minimum Gasteiger partial charge on any atom is -0.390 e. The van der Waals surface area contributed by atoms with Crippen molar-refractivity contribution in [3.05, 3.63) is 22.5 Å². The van der Waals surface area contributed by atoms with Gasteiger partial charge in [0.1, 0.15) is 18.9 Å². The third-order valence-corrected chi connectivity index (χ3v) is 2.71. The van der Waals surface area contributed by atoms with Crippen LogP contribution in [0.25, 0.3) is 0 Å². The molecular weight excluding hydrogens is 252 g/mol. The van der Waals surface area contributed by atoms with Crippen LogP contribution < -0.4 is 11.4 Å². The number of nitrogens with two attached hydrogens (primary N) is 1. The highest BCUT2D eigenvalue weighted by molar-refractivity contribution is 5.26. The first-order chi connectivity index (χ1) is 8.37. The fraction of sp³-hybridized carbons (Fsp3) is 0.556. The van der Waals surface area contributed by atoms with E-state index in [1.165, 1.54) is 0 Å². The fourth-order valence-electron chi connectivity index (χ4n) is 1.70. The zero-order valence-corrected chi connectivity index (χ0v) is 9.08. The van der Waals surface area contributed by atoms with Crippen molar-refractivity contribution >= 4 is 5.82 Å². The molecule has 1 aliphatic heterocycles. The van der Waals surface area contributed by atoms with Crippen molar-refractivity contribution in [2.75, 3.05) is 12.3 Å². The molecule has 18 heavy (non-hydrogen) atoms. The molecule has 1 aromatic heterocycles. The third kappa shape index (κ3) is 1.96. The molecule has 0 unspecified atom stereocenters. The Labute approximate surface area is 99.4 Å². The van der Waals surface area contributed by atoms with Gasteiger partial charge in [0.2, 0.25) is 0 Å². The highest BCUT2D eigenvalue weighted by Crippen LogP contribution is 2.36. The Kier molecular flexibility index (Phi) is 3.05.